The maximum atomic E-state index is 13.8. The molecule has 0 spiro atoms. The summed E-state index contributed by atoms with van der Waals surface area (Å²) in [6.45, 7) is 1.60. The standard InChI is InChI=1S/C17H17F2N5O2S2/c1-9(7-25)22-14-13(28-16-20-5-6-21-16)15(26)24-17(23-14)27-8-10-3-2-4-11(18)12(10)19/h2-6,9,25H,7-8H2,1H3,(H,20,21)(H2,22,23,24,26)/t9-/m1/s1. The molecule has 0 amide bonds. The Labute approximate surface area is 168 Å². The van der Waals surface area contributed by atoms with Crippen LogP contribution in [0.15, 0.2) is 45.8 Å². The normalized spacial score (nSPS) is 12.1. The Balaban J connectivity index is 1.86. The summed E-state index contributed by atoms with van der Waals surface area (Å²) in [5.74, 6) is -1.74. The van der Waals surface area contributed by atoms with Gasteiger partial charge in [0.25, 0.3) is 0 Å². The molecule has 28 heavy (non-hydrogen) atoms. The number of rotatable bonds is 8. The fraction of sp³-hybridized carbons (Fsp3) is 0.235. The summed E-state index contributed by atoms with van der Waals surface area (Å²) < 4.78 is 27.2. The first-order valence-electron chi connectivity index (χ1n) is 8.19. The minimum atomic E-state index is -0.925. The van der Waals surface area contributed by atoms with Gasteiger partial charge in [-0.15, -0.1) is 0 Å². The van der Waals surface area contributed by atoms with Crippen molar-refractivity contribution in [2.75, 3.05) is 11.9 Å². The molecule has 0 aliphatic rings. The SMILES string of the molecule is C[C@H](CO)Nc1nc(SCc2cccc(F)c2F)nc(O)c1Sc1ncc[nH]1. The molecule has 2 aromatic heterocycles. The molecule has 0 fully saturated rings. The molecule has 3 rings (SSSR count). The molecule has 1 atom stereocenters. The van der Waals surface area contributed by atoms with Gasteiger partial charge in [-0.25, -0.2) is 18.7 Å². The molecule has 0 bridgehead atoms. The summed E-state index contributed by atoms with van der Waals surface area (Å²) in [4.78, 5) is 15.7. The average Bonchev–Trinajstić information content (AvgIpc) is 3.19. The zero-order chi connectivity index (χ0) is 20.1. The van der Waals surface area contributed by atoms with E-state index >= 15 is 0 Å². The Hall–Kier alpha value is -2.37. The highest BCUT2D eigenvalue weighted by Gasteiger charge is 2.19. The lowest BCUT2D eigenvalue weighted by atomic mass is 10.2. The number of hydrogen-bond acceptors (Lipinski definition) is 8. The number of aliphatic hydroxyl groups is 1. The number of hydrogen-bond donors (Lipinski definition) is 4. The molecule has 2 heterocycles. The molecule has 0 saturated carbocycles. The summed E-state index contributed by atoms with van der Waals surface area (Å²) in [5.41, 5.74) is 0.167. The summed E-state index contributed by atoms with van der Waals surface area (Å²) in [7, 11) is 0. The number of H-pyrrole nitrogens is 1. The van der Waals surface area contributed by atoms with Gasteiger partial charge < -0.3 is 20.5 Å². The van der Waals surface area contributed by atoms with Crippen LogP contribution in [0.1, 0.15) is 12.5 Å². The zero-order valence-corrected chi connectivity index (χ0v) is 16.3. The molecule has 3 aromatic rings. The van der Waals surface area contributed by atoms with Crippen molar-refractivity contribution in [1.82, 2.24) is 19.9 Å². The summed E-state index contributed by atoms with van der Waals surface area (Å²) in [6.07, 6.45) is 3.21. The van der Waals surface area contributed by atoms with Gasteiger partial charge >= 0.3 is 0 Å². The lowest BCUT2D eigenvalue weighted by molar-refractivity contribution is 0.281. The van der Waals surface area contributed by atoms with E-state index in [9.17, 15) is 19.0 Å². The highest BCUT2D eigenvalue weighted by atomic mass is 32.2. The van der Waals surface area contributed by atoms with Gasteiger partial charge in [-0.1, -0.05) is 23.9 Å². The van der Waals surface area contributed by atoms with E-state index in [-0.39, 0.29) is 35.0 Å². The maximum absolute atomic E-state index is 13.8. The number of thioether (sulfide) groups is 1. The molecular formula is C17H17F2N5O2S2. The number of aromatic nitrogens is 4. The number of aromatic amines is 1. The van der Waals surface area contributed by atoms with E-state index in [0.29, 0.717) is 15.9 Å². The number of nitrogens with one attached hydrogen (secondary N) is 2. The minimum Gasteiger partial charge on any atom is -0.492 e. The van der Waals surface area contributed by atoms with Gasteiger partial charge in [0, 0.05) is 29.8 Å². The quantitative estimate of drug-likeness (QED) is 0.321. The topological polar surface area (TPSA) is 107 Å². The van der Waals surface area contributed by atoms with E-state index in [2.05, 4.69) is 25.3 Å². The van der Waals surface area contributed by atoms with Crippen LogP contribution in [0.2, 0.25) is 0 Å². The van der Waals surface area contributed by atoms with Gasteiger partial charge in [0.15, 0.2) is 21.9 Å². The second-order valence-electron chi connectivity index (χ2n) is 5.73. The maximum Gasteiger partial charge on any atom is 0.231 e. The fourth-order valence-electron chi connectivity index (χ4n) is 2.16. The molecular weight excluding hydrogens is 408 g/mol. The van der Waals surface area contributed by atoms with E-state index in [0.717, 1.165) is 29.6 Å². The Kier molecular flexibility index (Phi) is 6.70. The molecule has 0 radical (unpaired) electrons. The molecule has 0 saturated heterocycles. The molecule has 1 aromatic carbocycles. The number of nitrogens with zero attached hydrogens (tertiary/aromatic N) is 3. The number of benzene rings is 1. The fourth-order valence-corrected chi connectivity index (χ4v) is 3.75. The summed E-state index contributed by atoms with van der Waals surface area (Å²) in [6, 6.07) is 3.61. The van der Waals surface area contributed by atoms with Gasteiger partial charge in [-0.2, -0.15) is 4.98 Å². The molecule has 148 valence electrons. The largest absolute Gasteiger partial charge is 0.492 e. The van der Waals surface area contributed by atoms with Crippen LogP contribution in [0.4, 0.5) is 14.6 Å². The number of anilines is 1. The minimum absolute atomic E-state index is 0.0860. The molecule has 11 heteroatoms. The van der Waals surface area contributed by atoms with Gasteiger partial charge in [-0.3, -0.25) is 0 Å². The van der Waals surface area contributed by atoms with Crippen LogP contribution < -0.4 is 5.32 Å². The van der Waals surface area contributed by atoms with Crippen LogP contribution in [0.5, 0.6) is 5.88 Å². The second-order valence-corrected chi connectivity index (χ2v) is 7.68. The van der Waals surface area contributed by atoms with Gasteiger partial charge in [0.1, 0.15) is 10.7 Å². The van der Waals surface area contributed by atoms with Crippen LogP contribution in [-0.4, -0.2) is 42.8 Å². The van der Waals surface area contributed by atoms with Crippen molar-refractivity contribution >= 4 is 29.3 Å². The van der Waals surface area contributed by atoms with Crippen molar-refractivity contribution < 1.29 is 19.0 Å². The van der Waals surface area contributed by atoms with E-state index in [1.807, 2.05) is 0 Å². The number of halogens is 2. The molecule has 4 N–H and O–H groups in total. The Morgan fingerprint density at radius 3 is 2.82 bits per heavy atom. The second kappa shape index (κ2) is 9.22. The van der Waals surface area contributed by atoms with E-state index in [1.165, 1.54) is 12.1 Å². The first kappa shape index (κ1) is 20.4. The van der Waals surface area contributed by atoms with Crippen molar-refractivity contribution in [3.05, 3.63) is 47.8 Å². The van der Waals surface area contributed by atoms with E-state index < -0.39 is 11.6 Å². The summed E-state index contributed by atoms with van der Waals surface area (Å²) >= 11 is 2.17. The van der Waals surface area contributed by atoms with Crippen molar-refractivity contribution in [3.63, 3.8) is 0 Å². The Bertz CT molecular complexity index is 944. The molecule has 7 nitrogen and oxygen atoms in total. The van der Waals surface area contributed by atoms with Crippen molar-refractivity contribution in [2.45, 2.75) is 33.9 Å². The lowest BCUT2D eigenvalue weighted by Gasteiger charge is -2.16. The third-order valence-electron chi connectivity index (χ3n) is 3.54. The van der Waals surface area contributed by atoms with Gasteiger partial charge in [-0.05, 0) is 24.8 Å². The smallest absolute Gasteiger partial charge is 0.231 e. The monoisotopic (exact) mass is 425 g/mol. The van der Waals surface area contributed by atoms with Gasteiger partial charge in [0.2, 0.25) is 5.88 Å². The Morgan fingerprint density at radius 2 is 2.11 bits per heavy atom. The highest BCUT2D eigenvalue weighted by molar-refractivity contribution is 7.99. The molecule has 0 unspecified atom stereocenters. The van der Waals surface area contributed by atoms with Crippen molar-refractivity contribution in [1.29, 1.82) is 0 Å². The van der Waals surface area contributed by atoms with Crippen LogP contribution in [0.3, 0.4) is 0 Å². The molecule has 0 aliphatic carbocycles. The van der Waals surface area contributed by atoms with Crippen LogP contribution >= 0.6 is 23.5 Å². The average molecular weight is 425 g/mol. The van der Waals surface area contributed by atoms with Crippen LogP contribution in [-0.2, 0) is 5.75 Å². The van der Waals surface area contributed by atoms with Crippen molar-refractivity contribution in [2.24, 2.45) is 0 Å². The third kappa shape index (κ3) is 4.91. The number of aromatic hydroxyl groups is 1. The molecule has 0 aliphatic heterocycles. The predicted molar refractivity (Wildman–Crippen MR) is 102 cm³/mol. The zero-order valence-electron chi connectivity index (χ0n) is 14.7. The van der Waals surface area contributed by atoms with Crippen LogP contribution in [0, 0.1) is 11.6 Å². The lowest BCUT2D eigenvalue weighted by Crippen LogP contribution is -2.21. The van der Waals surface area contributed by atoms with E-state index in [1.54, 1.807) is 19.3 Å². The summed E-state index contributed by atoms with van der Waals surface area (Å²) in [5, 5.41) is 23.4. The van der Waals surface area contributed by atoms with Crippen LogP contribution in [0.25, 0.3) is 0 Å². The van der Waals surface area contributed by atoms with Crippen molar-refractivity contribution in [3.8, 4) is 5.88 Å². The first-order chi connectivity index (χ1) is 13.5. The first-order valence-corrected chi connectivity index (χ1v) is 9.99. The van der Waals surface area contributed by atoms with E-state index in [4.69, 9.17) is 0 Å². The third-order valence-corrected chi connectivity index (χ3v) is 5.44. The number of imidazole rings is 1. The Morgan fingerprint density at radius 1 is 1.29 bits per heavy atom. The number of aliphatic hydroxyl groups excluding tert-OH is 1. The predicted octanol–water partition coefficient (Wildman–Crippen LogP) is 3.42. The highest BCUT2D eigenvalue weighted by Crippen LogP contribution is 2.38. The van der Waals surface area contributed by atoms with Gasteiger partial charge in [0.05, 0.1) is 6.61 Å².